The zero-order valence-electron chi connectivity index (χ0n) is 9.58. The van der Waals surface area contributed by atoms with Gasteiger partial charge < -0.3 is 10.4 Å². The van der Waals surface area contributed by atoms with Crippen molar-refractivity contribution < 1.29 is 9.90 Å². The molecular weight excluding hydrogens is 238 g/mol. The van der Waals surface area contributed by atoms with Crippen molar-refractivity contribution in [2.24, 2.45) is 0 Å². The second-order valence-electron chi connectivity index (χ2n) is 4.65. The third-order valence-corrected chi connectivity index (χ3v) is 3.51. The van der Waals surface area contributed by atoms with Crippen molar-refractivity contribution in [2.45, 2.75) is 31.2 Å². The lowest BCUT2D eigenvalue weighted by molar-refractivity contribution is -0.124. The number of carbonyl (C=O) groups excluding carboxylic acids is 1. The number of nitrogens with one attached hydrogen (secondary N) is 1. The summed E-state index contributed by atoms with van der Waals surface area (Å²) in [5.74, 6) is -0.0546. The summed E-state index contributed by atoms with van der Waals surface area (Å²) in [4.78, 5) is 11.8. The first-order valence-corrected chi connectivity index (χ1v) is 6.18. The first-order valence-electron chi connectivity index (χ1n) is 5.80. The summed E-state index contributed by atoms with van der Waals surface area (Å²) in [5, 5.41) is 12.8. The molecule has 0 saturated heterocycles. The fraction of sp³-hybridized carbons (Fsp3) is 0.462. The van der Waals surface area contributed by atoms with Crippen LogP contribution in [-0.4, -0.2) is 23.2 Å². The van der Waals surface area contributed by atoms with Crippen LogP contribution in [0.5, 0.6) is 0 Å². The third-order valence-electron chi connectivity index (χ3n) is 3.27. The van der Waals surface area contributed by atoms with E-state index in [1.54, 1.807) is 12.1 Å². The van der Waals surface area contributed by atoms with Gasteiger partial charge in [-0.1, -0.05) is 23.7 Å². The van der Waals surface area contributed by atoms with E-state index in [2.05, 4.69) is 5.32 Å². The van der Waals surface area contributed by atoms with Gasteiger partial charge in [0.2, 0.25) is 5.91 Å². The Morgan fingerprint density at radius 2 is 2.24 bits per heavy atom. The minimum absolute atomic E-state index is 0.0221. The number of carbonyl (C=O) groups is 1. The Labute approximate surface area is 106 Å². The van der Waals surface area contributed by atoms with Gasteiger partial charge >= 0.3 is 0 Å². The maximum Gasteiger partial charge on any atom is 0.224 e. The molecule has 1 aromatic rings. The molecule has 2 N–H and O–H groups in total. The first kappa shape index (κ1) is 12.4. The molecule has 0 aliphatic heterocycles. The van der Waals surface area contributed by atoms with Gasteiger partial charge in [-0.2, -0.15) is 0 Å². The maximum absolute atomic E-state index is 11.8. The average molecular weight is 254 g/mol. The first-order chi connectivity index (χ1) is 8.13. The van der Waals surface area contributed by atoms with Crippen LogP contribution < -0.4 is 5.32 Å². The molecule has 0 aromatic heterocycles. The van der Waals surface area contributed by atoms with Crippen molar-refractivity contribution in [1.82, 2.24) is 5.32 Å². The molecule has 92 valence electrons. The van der Waals surface area contributed by atoms with E-state index in [0.29, 0.717) is 11.4 Å². The predicted molar refractivity (Wildman–Crippen MR) is 67.0 cm³/mol. The van der Waals surface area contributed by atoms with Crippen molar-refractivity contribution in [1.29, 1.82) is 0 Å². The minimum atomic E-state index is -0.365. The normalized spacial score (nSPS) is 17.3. The number of aliphatic hydroxyl groups is 1. The van der Waals surface area contributed by atoms with E-state index in [0.717, 1.165) is 24.8 Å². The Hall–Kier alpha value is -1.06. The molecule has 1 aliphatic rings. The average Bonchev–Trinajstić information content (AvgIpc) is 2.23. The van der Waals surface area contributed by atoms with E-state index in [4.69, 9.17) is 11.6 Å². The lowest BCUT2D eigenvalue weighted by Gasteiger charge is -2.41. The van der Waals surface area contributed by atoms with Crippen LogP contribution in [-0.2, 0) is 11.2 Å². The van der Waals surface area contributed by atoms with E-state index in [1.165, 1.54) is 0 Å². The highest BCUT2D eigenvalue weighted by Crippen LogP contribution is 2.31. The van der Waals surface area contributed by atoms with Gasteiger partial charge in [0.1, 0.15) is 0 Å². The van der Waals surface area contributed by atoms with Crippen LogP contribution in [0.4, 0.5) is 0 Å². The highest BCUT2D eigenvalue weighted by Gasteiger charge is 2.37. The van der Waals surface area contributed by atoms with Crippen molar-refractivity contribution >= 4 is 17.5 Å². The SMILES string of the molecule is O=C(Cc1cccc(Cl)c1)NC1(CO)CCC1. The summed E-state index contributed by atoms with van der Waals surface area (Å²) in [6.07, 6.45) is 3.11. The summed E-state index contributed by atoms with van der Waals surface area (Å²) < 4.78 is 0. The molecule has 0 heterocycles. The smallest absolute Gasteiger partial charge is 0.224 e. The predicted octanol–water partition coefficient (Wildman–Crippen LogP) is 1.91. The fourth-order valence-corrected chi connectivity index (χ4v) is 2.31. The number of benzene rings is 1. The number of hydrogen-bond acceptors (Lipinski definition) is 2. The van der Waals surface area contributed by atoms with Gasteiger partial charge in [-0.3, -0.25) is 4.79 Å². The van der Waals surface area contributed by atoms with Crippen LogP contribution in [0, 0.1) is 0 Å². The lowest BCUT2D eigenvalue weighted by atomic mass is 9.77. The second kappa shape index (κ2) is 5.07. The van der Waals surface area contributed by atoms with Gasteiger partial charge in [0.15, 0.2) is 0 Å². The summed E-state index contributed by atoms with van der Waals surface area (Å²) in [6.45, 7) is 0.0221. The highest BCUT2D eigenvalue weighted by molar-refractivity contribution is 6.30. The molecule has 1 fully saturated rings. The van der Waals surface area contributed by atoms with Gasteiger partial charge in [0, 0.05) is 5.02 Å². The zero-order chi connectivity index (χ0) is 12.3. The topological polar surface area (TPSA) is 49.3 Å². The van der Waals surface area contributed by atoms with Crippen LogP contribution in [0.25, 0.3) is 0 Å². The number of hydrogen-bond donors (Lipinski definition) is 2. The molecule has 4 heteroatoms. The monoisotopic (exact) mass is 253 g/mol. The molecule has 0 radical (unpaired) electrons. The highest BCUT2D eigenvalue weighted by atomic mass is 35.5. The summed E-state index contributed by atoms with van der Waals surface area (Å²) in [5.41, 5.74) is 0.526. The van der Waals surface area contributed by atoms with Crippen molar-refractivity contribution in [3.8, 4) is 0 Å². The van der Waals surface area contributed by atoms with E-state index in [-0.39, 0.29) is 18.1 Å². The van der Waals surface area contributed by atoms with Crippen LogP contribution in [0.1, 0.15) is 24.8 Å². The molecule has 0 atom stereocenters. The maximum atomic E-state index is 11.8. The molecule has 1 aromatic carbocycles. The molecule has 0 unspecified atom stereocenters. The Balaban J connectivity index is 1.93. The van der Waals surface area contributed by atoms with Crippen LogP contribution in [0.2, 0.25) is 5.02 Å². The van der Waals surface area contributed by atoms with Crippen LogP contribution in [0.3, 0.4) is 0 Å². The van der Waals surface area contributed by atoms with E-state index in [1.807, 2.05) is 12.1 Å². The van der Waals surface area contributed by atoms with Gasteiger partial charge in [-0.05, 0) is 37.0 Å². The Bertz CT molecular complexity index is 410. The lowest BCUT2D eigenvalue weighted by Crippen LogP contribution is -2.56. The van der Waals surface area contributed by atoms with E-state index in [9.17, 15) is 9.90 Å². The molecule has 17 heavy (non-hydrogen) atoms. The molecule has 1 saturated carbocycles. The molecule has 3 nitrogen and oxygen atoms in total. The summed E-state index contributed by atoms with van der Waals surface area (Å²) in [6, 6.07) is 7.27. The number of aliphatic hydroxyl groups excluding tert-OH is 1. The Morgan fingerprint density at radius 1 is 1.47 bits per heavy atom. The Kier molecular flexibility index (Phi) is 3.69. The van der Waals surface area contributed by atoms with Gasteiger partial charge in [-0.15, -0.1) is 0 Å². The molecule has 2 rings (SSSR count). The standard InChI is InChI=1S/C13H16ClNO2/c14-11-4-1-3-10(7-11)8-12(17)15-13(9-16)5-2-6-13/h1,3-4,7,16H,2,5-6,8-9H2,(H,15,17). The van der Waals surface area contributed by atoms with Gasteiger partial charge in [0.25, 0.3) is 0 Å². The third kappa shape index (κ3) is 2.99. The summed E-state index contributed by atoms with van der Waals surface area (Å²) in [7, 11) is 0. The largest absolute Gasteiger partial charge is 0.394 e. The van der Waals surface area contributed by atoms with Crippen molar-refractivity contribution in [3.63, 3.8) is 0 Å². The Morgan fingerprint density at radius 3 is 2.76 bits per heavy atom. The second-order valence-corrected chi connectivity index (χ2v) is 5.08. The number of rotatable bonds is 4. The van der Waals surface area contributed by atoms with Crippen molar-refractivity contribution in [2.75, 3.05) is 6.61 Å². The fourth-order valence-electron chi connectivity index (χ4n) is 2.10. The molecule has 1 amide bonds. The molecular formula is C13H16ClNO2. The zero-order valence-corrected chi connectivity index (χ0v) is 10.3. The van der Waals surface area contributed by atoms with Gasteiger partial charge in [0.05, 0.1) is 18.6 Å². The molecule has 0 spiro atoms. The summed E-state index contributed by atoms with van der Waals surface area (Å²) >= 11 is 5.86. The van der Waals surface area contributed by atoms with E-state index >= 15 is 0 Å². The van der Waals surface area contributed by atoms with Crippen molar-refractivity contribution in [3.05, 3.63) is 34.9 Å². The van der Waals surface area contributed by atoms with E-state index < -0.39 is 0 Å². The minimum Gasteiger partial charge on any atom is -0.394 e. The molecule has 0 bridgehead atoms. The molecule has 1 aliphatic carbocycles. The number of halogens is 1. The van der Waals surface area contributed by atoms with Crippen LogP contribution in [0.15, 0.2) is 24.3 Å². The van der Waals surface area contributed by atoms with Crippen LogP contribution >= 0.6 is 11.6 Å². The van der Waals surface area contributed by atoms with Gasteiger partial charge in [-0.25, -0.2) is 0 Å². The quantitative estimate of drug-likeness (QED) is 0.861. The number of amides is 1.